The van der Waals surface area contributed by atoms with E-state index in [-0.39, 0.29) is 13.0 Å². The molecule has 29 heavy (non-hydrogen) atoms. The molecule has 6 nitrogen and oxygen atoms in total. The Balaban J connectivity index is 1.58. The summed E-state index contributed by atoms with van der Waals surface area (Å²) >= 11 is 0. The van der Waals surface area contributed by atoms with Gasteiger partial charge in [0.1, 0.15) is 18.5 Å². The van der Waals surface area contributed by atoms with Crippen LogP contribution in [0.4, 0.5) is 4.79 Å². The van der Waals surface area contributed by atoms with Crippen molar-refractivity contribution >= 4 is 18.3 Å². The first-order valence-electron chi connectivity index (χ1n) is 9.56. The summed E-state index contributed by atoms with van der Waals surface area (Å²) in [5.41, 5.74) is 5.00. The smallest absolute Gasteiger partial charge is 0.408 e. The number of hydrogen-bond donors (Lipinski definition) is 1. The first-order chi connectivity index (χ1) is 13.8. The van der Waals surface area contributed by atoms with Gasteiger partial charge in [-0.15, -0.1) is 0 Å². The van der Waals surface area contributed by atoms with E-state index in [2.05, 4.69) is 23.5 Å². The van der Waals surface area contributed by atoms with Crippen LogP contribution in [0.2, 0.25) is 0 Å². The number of rotatable bonds is 6. The molecule has 0 bridgehead atoms. The molecule has 0 saturated heterocycles. The minimum Gasteiger partial charge on any atom is -0.460 e. The molecule has 152 valence electrons. The molecule has 2 aromatic carbocycles. The zero-order chi connectivity index (χ0) is 21.0. The fourth-order valence-corrected chi connectivity index (χ4v) is 3.39. The summed E-state index contributed by atoms with van der Waals surface area (Å²) in [6.07, 6.45) is 0.301. The maximum atomic E-state index is 12.1. The van der Waals surface area contributed by atoms with E-state index in [0.29, 0.717) is 6.29 Å². The number of hydrogen-bond acceptors (Lipinski definition) is 5. The number of amides is 1. The van der Waals surface area contributed by atoms with Crippen LogP contribution in [-0.4, -0.2) is 30.0 Å². The van der Waals surface area contributed by atoms with Crippen molar-refractivity contribution in [2.24, 2.45) is 0 Å². The zero-order valence-electron chi connectivity index (χ0n) is 16.9. The number of ether oxygens (including phenoxy) is 2. The molecule has 0 spiro atoms. The van der Waals surface area contributed by atoms with E-state index in [0.717, 1.165) is 23.1 Å². The van der Waals surface area contributed by atoms with Crippen LogP contribution in [0, 0.1) is 0 Å². The van der Waals surface area contributed by atoms with Crippen molar-refractivity contribution in [2.45, 2.75) is 51.9 Å². The van der Waals surface area contributed by atoms with Gasteiger partial charge in [0, 0.05) is 0 Å². The number of benzene rings is 2. The van der Waals surface area contributed by atoms with Gasteiger partial charge in [-0.3, -0.25) is 4.79 Å². The molecular weight excluding hydrogens is 370 g/mol. The van der Waals surface area contributed by atoms with Gasteiger partial charge in [-0.25, -0.2) is 4.79 Å². The Morgan fingerprint density at radius 3 is 2.55 bits per heavy atom. The topological polar surface area (TPSA) is 81.7 Å². The lowest BCUT2D eigenvalue weighted by Crippen LogP contribution is -2.39. The summed E-state index contributed by atoms with van der Waals surface area (Å²) in [7, 11) is 0. The largest absolute Gasteiger partial charge is 0.460 e. The average Bonchev–Trinajstić information content (AvgIpc) is 3.03. The highest BCUT2D eigenvalue weighted by atomic mass is 16.6. The summed E-state index contributed by atoms with van der Waals surface area (Å²) in [6.45, 7) is 5.29. The molecule has 0 heterocycles. The van der Waals surface area contributed by atoms with E-state index in [1.807, 2.05) is 24.3 Å². The van der Waals surface area contributed by atoms with Crippen LogP contribution in [0.3, 0.4) is 0 Å². The van der Waals surface area contributed by atoms with Crippen molar-refractivity contribution in [3.8, 4) is 11.1 Å². The van der Waals surface area contributed by atoms with Crippen LogP contribution < -0.4 is 5.32 Å². The summed E-state index contributed by atoms with van der Waals surface area (Å²) in [5.74, 6) is -0.562. The number of alkyl carbamates (subject to hydrolysis) is 1. The monoisotopic (exact) mass is 395 g/mol. The second kappa shape index (κ2) is 8.47. The Hall–Kier alpha value is -3.15. The molecule has 0 aliphatic heterocycles. The molecule has 6 heteroatoms. The molecule has 0 radical (unpaired) electrons. The highest BCUT2D eigenvalue weighted by Gasteiger charge is 2.23. The highest BCUT2D eigenvalue weighted by Crippen LogP contribution is 2.38. The lowest BCUT2D eigenvalue weighted by molar-refractivity contribution is -0.155. The fraction of sp³-hybridized carbons (Fsp3) is 0.348. The van der Waals surface area contributed by atoms with E-state index >= 15 is 0 Å². The van der Waals surface area contributed by atoms with Gasteiger partial charge in [-0.2, -0.15) is 0 Å². The molecule has 2 aromatic rings. The van der Waals surface area contributed by atoms with Crippen molar-refractivity contribution in [3.63, 3.8) is 0 Å². The first-order valence-corrected chi connectivity index (χ1v) is 9.56. The predicted molar refractivity (Wildman–Crippen MR) is 108 cm³/mol. The van der Waals surface area contributed by atoms with Crippen LogP contribution in [0.25, 0.3) is 11.1 Å². The molecule has 1 aliphatic rings. The number of fused-ring (bicyclic) bond motifs is 3. The summed E-state index contributed by atoms with van der Waals surface area (Å²) < 4.78 is 10.5. The van der Waals surface area contributed by atoms with E-state index in [1.165, 1.54) is 11.1 Å². The third-order valence-corrected chi connectivity index (χ3v) is 4.58. The number of nitrogens with one attached hydrogen (secondary N) is 1. The van der Waals surface area contributed by atoms with Gasteiger partial charge in [0.05, 0.1) is 12.5 Å². The van der Waals surface area contributed by atoms with E-state index in [4.69, 9.17) is 9.47 Å². The Morgan fingerprint density at radius 2 is 1.83 bits per heavy atom. The van der Waals surface area contributed by atoms with Crippen molar-refractivity contribution < 1.29 is 23.9 Å². The van der Waals surface area contributed by atoms with Crippen molar-refractivity contribution in [2.75, 3.05) is 0 Å². The minimum absolute atomic E-state index is 0.0843. The molecule has 0 saturated carbocycles. The van der Waals surface area contributed by atoms with Crippen molar-refractivity contribution in [1.29, 1.82) is 0 Å². The maximum absolute atomic E-state index is 12.1. The second-order valence-corrected chi connectivity index (χ2v) is 8.03. The number of carbonyl (C=O) groups excluding carboxylic acids is 3. The standard InChI is InChI=1S/C23H25NO5/c1-23(2,3)29-21(26)12-17(13-25)24-22(27)28-14-16-8-6-10-19-18-9-5-4-7-15(18)11-20(16)19/h4-10,13,17H,11-12,14H2,1-3H3,(H,24,27)/t17-/m0/s1. The zero-order valence-corrected chi connectivity index (χ0v) is 16.9. The lowest BCUT2D eigenvalue weighted by atomic mass is 10.0. The highest BCUT2D eigenvalue weighted by molar-refractivity contribution is 5.80. The predicted octanol–water partition coefficient (Wildman–Crippen LogP) is 3.78. The lowest BCUT2D eigenvalue weighted by Gasteiger charge is -2.21. The van der Waals surface area contributed by atoms with Crippen LogP contribution in [0.1, 0.15) is 43.9 Å². The molecule has 3 rings (SSSR count). The second-order valence-electron chi connectivity index (χ2n) is 8.03. The van der Waals surface area contributed by atoms with Gasteiger partial charge < -0.3 is 19.6 Å². The molecule has 1 atom stereocenters. The number of aldehydes is 1. The van der Waals surface area contributed by atoms with E-state index in [9.17, 15) is 14.4 Å². The molecule has 1 N–H and O–H groups in total. The molecule has 0 unspecified atom stereocenters. The van der Waals surface area contributed by atoms with Crippen molar-refractivity contribution in [3.05, 3.63) is 59.2 Å². The molecule has 1 amide bonds. The molecule has 0 fully saturated rings. The normalized spacial score (nSPS) is 13.1. The van der Waals surface area contributed by atoms with Gasteiger partial charge in [-0.1, -0.05) is 42.5 Å². The molecular formula is C23H25NO5. The van der Waals surface area contributed by atoms with Crippen LogP contribution in [0.15, 0.2) is 42.5 Å². The maximum Gasteiger partial charge on any atom is 0.408 e. The van der Waals surface area contributed by atoms with Crippen molar-refractivity contribution in [1.82, 2.24) is 5.32 Å². The summed E-state index contributed by atoms with van der Waals surface area (Å²) in [5, 5.41) is 2.41. The van der Waals surface area contributed by atoms with Gasteiger partial charge in [0.2, 0.25) is 0 Å². The van der Waals surface area contributed by atoms with Gasteiger partial charge in [0.15, 0.2) is 0 Å². The summed E-state index contributed by atoms with van der Waals surface area (Å²) in [4.78, 5) is 35.2. The average molecular weight is 395 g/mol. The van der Waals surface area contributed by atoms with Gasteiger partial charge >= 0.3 is 12.1 Å². The Bertz CT molecular complexity index is 929. The molecule has 0 aromatic heterocycles. The third-order valence-electron chi connectivity index (χ3n) is 4.58. The van der Waals surface area contributed by atoms with Gasteiger partial charge in [0.25, 0.3) is 0 Å². The Labute approximate surface area is 170 Å². The number of esters is 1. The number of carbonyl (C=O) groups is 3. The third kappa shape index (κ3) is 5.22. The van der Waals surface area contributed by atoms with Crippen LogP contribution >= 0.6 is 0 Å². The fourth-order valence-electron chi connectivity index (χ4n) is 3.39. The van der Waals surface area contributed by atoms with Crippen LogP contribution in [-0.2, 0) is 32.1 Å². The quantitative estimate of drug-likeness (QED) is 0.507. The van der Waals surface area contributed by atoms with Crippen LogP contribution in [0.5, 0.6) is 0 Å². The Kier molecular flexibility index (Phi) is 6.01. The van der Waals surface area contributed by atoms with E-state index < -0.39 is 23.7 Å². The SMILES string of the molecule is CC(C)(C)OC(=O)C[C@@H](C=O)NC(=O)OCc1cccc2c1Cc1ccccc1-2. The van der Waals surface area contributed by atoms with Gasteiger partial charge in [-0.05, 0) is 55.0 Å². The summed E-state index contributed by atoms with van der Waals surface area (Å²) in [6, 6.07) is 13.1. The molecule has 1 aliphatic carbocycles. The first kappa shape index (κ1) is 20.6. The van der Waals surface area contributed by atoms with E-state index in [1.54, 1.807) is 20.8 Å². The Morgan fingerprint density at radius 1 is 1.10 bits per heavy atom. The minimum atomic E-state index is -0.997.